The van der Waals surface area contributed by atoms with E-state index >= 15 is 0 Å². The summed E-state index contributed by atoms with van der Waals surface area (Å²) in [5.41, 5.74) is 0.00517. The van der Waals surface area contributed by atoms with Crippen LogP contribution in [0.15, 0.2) is 46.9 Å². The van der Waals surface area contributed by atoms with Crippen LogP contribution in [-0.4, -0.2) is 39.2 Å². The third kappa shape index (κ3) is 3.72. The molecule has 1 aliphatic rings. The first-order valence-electron chi connectivity index (χ1n) is 8.05. The highest BCUT2D eigenvalue weighted by atomic mass is 32.2. The van der Waals surface area contributed by atoms with E-state index in [4.69, 9.17) is 4.74 Å². The Hall–Kier alpha value is -3.07. The predicted molar refractivity (Wildman–Crippen MR) is 100 cm³/mol. The minimum absolute atomic E-state index is 0.0421. The van der Waals surface area contributed by atoms with Crippen LogP contribution in [0.1, 0.15) is 12.0 Å². The molecule has 0 spiro atoms. The van der Waals surface area contributed by atoms with Crippen LogP contribution in [0.3, 0.4) is 0 Å². The van der Waals surface area contributed by atoms with Gasteiger partial charge in [-0.1, -0.05) is 23.9 Å². The summed E-state index contributed by atoms with van der Waals surface area (Å²) in [6.07, 6.45) is 1.60. The zero-order valence-corrected chi connectivity index (χ0v) is 15.3. The molecular formula is C18H17N3O5S. The summed E-state index contributed by atoms with van der Waals surface area (Å²) in [6.45, 7) is 3.52. The standard InChI is InChI=1S/C18H17N3O5S/c1-3-5-12-15(23)19-18(20-16(12)24)27-13-9-14(22)21(17(13)25)10-6-4-7-11(8-10)26-2/h3-4,6-8,13H,1,5,9H2,2H3,(H2,19,20,23,24). The van der Waals surface area contributed by atoms with Crippen molar-refractivity contribution in [3.8, 4) is 11.6 Å². The van der Waals surface area contributed by atoms with Gasteiger partial charge in [0.15, 0.2) is 5.16 Å². The lowest BCUT2D eigenvalue weighted by atomic mass is 10.2. The van der Waals surface area contributed by atoms with Gasteiger partial charge in [0, 0.05) is 18.9 Å². The number of rotatable bonds is 6. The van der Waals surface area contributed by atoms with Crippen LogP contribution in [0.4, 0.5) is 5.69 Å². The lowest BCUT2D eigenvalue weighted by Crippen LogP contribution is -2.31. The van der Waals surface area contributed by atoms with Gasteiger partial charge in [0.1, 0.15) is 11.0 Å². The molecule has 9 heteroatoms. The molecule has 3 rings (SSSR count). The Balaban J connectivity index is 1.83. The molecule has 1 unspecified atom stereocenters. The van der Waals surface area contributed by atoms with Crippen molar-refractivity contribution < 1.29 is 19.4 Å². The number of amides is 2. The second-order valence-corrected chi connectivity index (χ2v) is 6.94. The Morgan fingerprint density at radius 1 is 1.44 bits per heavy atom. The number of aromatic hydroxyl groups is 1. The Bertz CT molecular complexity index is 972. The second kappa shape index (κ2) is 7.67. The summed E-state index contributed by atoms with van der Waals surface area (Å²) in [4.78, 5) is 44.6. The maximum atomic E-state index is 12.7. The number of ether oxygens (including phenoxy) is 1. The van der Waals surface area contributed by atoms with Gasteiger partial charge in [-0.05, 0) is 12.1 Å². The number of hydrogen-bond acceptors (Lipinski definition) is 7. The fourth-order valence-electron chi connectivity index (χ4n) is 2.70. The average molecular weight is 387 g/mol. The number of benzene rings is 1. The summed E-state index contributed by atoms with van der Waals surface area (Å²) < 4.78 is 5.13. The van der Waals surface area contributed by atoms with Crippen LogP contribution >= 0.6 is 11.8 Å². The van der Waals surface area contributed by atoms with Gasteiger partial charge < -0.3 is 14.8 Å². The van der Waals surface area contributed by atoms with Gasteiger partial charge in [0.25, 0.3) is 5.56 Å². The number of hydrogen-bond donors (Lipinski definition) is 2. The van der Waals surface area contributed by atoms with E-state index in [0.29, 0.717) is 11.4 Å². The molecule has 2 N–H and O–H groups in total. The summed E-state index contributed by atoms with van der Waals surface area (Å²) in [6, 6.07) is 6.63. The van der Waals surface area contributed by atoms with Crippen molar-refractivity contribution >= 4 is 29.3 Å². The van der Waals surface area contributed by atoms with Crippen molar-refractivity contribution in [2.45, 2.75) is 23.2 Å². The van der Waals surface area contributed by atoms with E-state index < -0.39 is 22.6 Å². The molecule has 2 amide bonds. The van der Waals surface area contributed by atoms with E-state index in [1.807, 2.05) is 0 Å². The number of aromatic nitrogens is 2. The van der Waals surface area contributed by atoms with Gasteiger partial charge in [-0.2, -0.15) is 4.98 Å². The van der Waals surface area contributed by atoms with Gasteiger partial charge in [0.05, 0.1) is 18.4 Å². The number of anilines is 1. The number of methoxy groups -OCH3 is 1. The quantitative estimate of drug-likeness (QED) is 0.440. The van der Waals surface area contributed by atoms with Gasteiger partial charge in [-0.15, -0.1) is 6.58 Å². The van der Waals surface area contributed by atoms with Gasteiger partial charge >= 0.3 is 0 Å². The molecule has 1 aromatic carbocycles. The van der Waals surface area contributed by atoms with Crippen LogP contribution in [-0.2, 0) is 16.0 Å². The molecule has 0 radical (unpaired) electrons. The van der Waals surface area contributed by atoms with Crippen molar-refractivity contribution in [2.24, 2.45) is 0 Å². The fourth-order valence-corrected chi connectivity index (χ4v) is 3.69. The number of carbonyl (C=O) groups excluding carboxylic acids is 2. The van der Waals surface area contributed by atoms with E-state index in [0.717, 1.165) is 16.7 Å². The molecule has 1 aliphatic heterocycles. The summed E-state index contributed by atoms with van der Waals surface area (Å²) in [5, 5.41) is 9.23. The number of thioether (sulfide) groups is 1. The lowest BCUT2D eigenvalue weighted by Gasteiger charge is -2.15. The van der Waals surface area contributed by atoms with Crippen molar-refractivity contribution in [1.82, 2.24) is 9.97 Å². The van der Waals surface area contributed by atoms with Crippen LogP contribution in [0, 0.1) is 0 Å². The van der Waals surface area contributed by atoms with Crippen molar-refractivity contribution in [3.05, 3.63) is 52.8 Å². The Kier molecular flexibility index (Phi) is 5.31. The first-order valence-corrected chi connectivity index (χ1v) is 8.93. The lowest BCUT2D eigenvalue weighted by molar-refractivity contribution is -0.121. The summed E-state index contributed by atoms with van der Waals surface area (Å²) in [5.74, 6) is -0.670. The Morgan fingerprint density at radius 3 is 2.89 bits per heavy atom. The zero-order chi connectivity index (χ0) is 19.6. The Labute approximate surface area is 158 Å². The molecule has 140 valence electrons. The smallest absolute Gasteiger partial charge is 0.258 e. The van der Waals surface area contributed by atoms with Gasteiger partial charge in [-0.25, -0.2) is 4.90 Å². The first-order chi connectivity index (χ1) is 12.9. The minimum Gasteiger partial charge on any atom is -0.497 e. The van der Waals surface area contributed by atoms with E-state index in [1.54, 1.807) is 24.3 Å². The molecule has 27 heavy (non-hydrogen) atoms. The van der Waals surface area contributed by atoms with E-state index in [2.05, 4.69) is 16.5 Å². The molecule has 2 aromatic rings. The molecule has 0 saturated carbocycles. The minimum atomic E-state index is -0.753. The predicted octanol–water partition coefficient (Wildman–Crippen LogP) is 1.64. The van der Waals surface area contributed by atoms with Crippen LogP contribution in [0.5, 0.6) is 11.6 Å². The summed E-state index contributed by atoms with van der Waals surface area (Å²) in [7, 11) is 1.50. The molecule has 2 heterocycles. The van der Waals surface area contributed by atoms with Crippen molar-refractivity contribution in [1.29, 1.82) is 0 Å². The molecular weight excluding hydrogens is 370 g/mol. The van der Waals surface area contributed by atoms with E-state index in [9.17, 15) is 19.5 Å². The van der Waals surface area contributed by atoms with Crippen LogP contribution < -0.4 is 15.2 Å². The molecule has 8 nitrogen and oxygen atoms in total. The Morgan fingerprint density at radius 2 is 2.22 bits per heavy atom. The third-order valence-corrected chi connectivity index (χ3v) is 5.06. The van der Waals surface area contributed by atoms with E-state index in [-0.39, 0.29) is 29.5 Å². The molecule has 0 aliphatic carbocycles. The number of allylic oxidation sites excluding steroid dienone is 1. The maximum Gasteiger partial charge on any atom is 0.258 e. The van der Waals surface area contributed by atoms with Crippen molar-refractivity contribution in [3.63, 3.8) is 0 Å². The molecule has 1 saturated heterocycles. The number of nitrogens with one attached hydrogen (secondary N) is 1. The first kappa shape index (κ1) is 18.7. The third-order valence-electron chi connectivity index (χ3n) is 3.99. The number of aromatic amines is 1. The second-order valence-electron chi connectivity index (χ2n) is 5.75. The van der Waals surface area contributed by atoms with Crippen LogP contribution in [0.25, 0.3) is 0 Å². The number of nitrogens with zero attached hydrogens (tertiary/aromatic N) is 2. The average Bonchev–Trinajstić information content (AvgIpc) is 2.91. The zero-order valence-electron chi connectivity index (χ0n) is 14.5. The highest BCUT2D eigenvalue weighted by molar-refractivity contribution is 8.00. The number of H-pyrrole nitrogens is 1. The monoisotopic (exact) mass is 387 g/mol. The fraction of sp³-hybridized carbons (Fsp3) is 0.222. The van der Waals surface area contributed by atoms with E-state index in [1.165, 1.54) is 13.2 Å². The van der Waals surface area contributed by atoms with Crippen molar-refractivity contribution in [2.75, 3.05) is 12.0 Å². The topological polar surface area (TPSA) is 113 Å². The summed E-state index contributed by atoms with van der Waals surface area (Å²) >= 11 is 0.931. The number of imide groups is 1. The van der Waals surface area contributed by atoms with Crippen LogP contribution in [0.2, 0.25) is 0 Å². The normalized spacial score (nSPS) is 16.6. The highest BCUT2D eigenvalue weighted by Crippen LogP contribution is 2.33. The molecule has 0 bridgehead atoms. The highest BCUT2D eigenvalue weighted by Gasteiger charge is 2.40. The van der Waals surface area contributed by atoms with Gasteiger partial charge in [-0.3, -0.25) is 14.4 Å². The number of carbonyl (C=O) groups is 2. The van der Waals surface area contributed by atoms with Gasteiger partial charge in [0.2, 0.25) is 17.7 Å². The maximum absolute atomic E-state index is 12.7. The molecule has 1 aromatic heterocycles. The SMILES string of the molecule is C=CCc1c(O)nc(SC2CC(=O)N(c3cccc(OC)c3)C2=O)[nH]c1=O. The molecule has 1 fully saturated rings. The molecule has 1 atom stereocenters. The largest absolute Gasteiger partial charge is 0.497 e.